The van der Waals surface area contributed by atoms with E-state index in [1.807, 2.05) is 0 Å². The van der Waals surface area contributed by atoms with Crippen LogP contribution in [0.5, 0.6) is 5.75 Å². The van der Waals surface area contributed by atoms with Crippen LogP contribution in [-0.4, -0.2) is 18.9 Å². The molecule has 1 aromatic rings. The molecule has 5 heteroatoms. The van der Waals surface area contributed by atoms with Crippen LogP contribution in [0.1, 0.15) is 83.0 Å². The van der Waals surface area contributed by atoms with Crippen molar-refractivity contribution in [2.45, 2.75) is 72.6 Å². The Hall–Kier alpha value is -2.04. The average molecular weight is 377 g/mol. The van der Waals surface area contributed by atoms with E-state index in [1.54, 1.807) is 24.3 Å². The van der Waals surface area contributed by atoms with Gasteiger partial charge in [0.2, 0.25) is 5.91 Å². The molecule has 2 amide bonds. The number of para-hydroxylation sites is 1. The fraction of sp³-hybridized carbons (Fsp3) is 0.636. The predicted molar refractivity (Wildman–Crippen MR) is 110 cm³/mol. The lowest BCUT2D eigenvalue weighted by Crippen LogP contribution is -2.47. The number of hydrogen-bond donors (Lipinski definition) is 2. The third-order valence-electron chi connectivity index (χ3n) is 4.86. The van der Waals surface area contributed by atoms with Crippen molar-refractivity contribution in [3.63, 3.8) is 0 Å². The lowest BCUT2D eigenvalue weighted by Gasteiger charge is -2.29. The molecule has 0 aliphatic heterocycles. The number of benzene rings is 1. The third-order valence-corrected chi connectivity index (χ3v) is 4.86. The summed E-state index contributed by atoms with van der Waals surface area (Å²) in [5.74, 6) is -0.197. The second-order valence-corrected chi connectivity index (χ2v) is 8.12. The molecule has 1 atom stereocenters. The van der Waals surface area contributed by atoms with E-state index in [0.717, 1.165) is 19.3 Å². The highest BCUT2D eigenvalue weighted by atomic mass is 16.5. The van der Waals surface area contributed by atoms with Crippen LogP contribution in [0.4, 0.5) is 0 Å². The number of carbonyl (C=O) groups is 2. The summed E-state index contributed by atoms with van der Waals surface area (Å²) in [6, 6.07) is 6.94. The number of amides is 2. The van der Waals surface area contributed by atoms with Gasteiger partial charge in [0.1, 0.15) is 5.75 Å². The Morgan fingerprint density at radius 2 is 1.63 bits per heavy atom. The minimum Gasteiger partial charge on any atom is -0.496 e. The molecule has 152 valence electrons. The average Bonchev–Trinajstić information content (AvgIpc) is 2.64. The van der Waals surface area contributed by atoms with E-state index in [9.17, 15) is 9.59 Å². The van der Waals surface area contributed by atoms with Crippen molar-refractivity contribution in [1.29, 1.82) is 0 Å². The molecule has 2 N–H and O–H groups in total. The zero-order chi connectivity index (χ0) is 20.3. The Labute approximate surface area is 164 Å². The maximum atomic E-state index is 12.7. The molecule has 1 rings (SSSR count). The van der Waals surface area contributed by atoms with Gasteiger partial charge in [0.15, 0.2) is 0 Å². The minimum absolute atomic E-state index is 0.140. The molecule has 0 aliphatic rings. The zero-order valence-corrected chi connectivity index (χ0v) is 17.6. The molecule has 1 aromatic carbocycles. The zero-order valence-electron chi connectivity index (χ0n) is 17.6. The third kappa shape index (κ3) is 8.02. The van der Waals surface area contributed by atoms with Crippen LogP contribution in [0.25, 0.3) is 0 Å². The molecule has 0 saturated heterocycles. The topological polar surface area (TPSA) is 67.4 Å². The predicted octanol–water partition coefficient (Wildman–Crippen LogP) is 4.87. The lowest BCUT2D eigenvalue weighted by atomic mass is 9.77. The van der Waals surface area contributed by atoms with E-state index >= 15 is 0 Å². The Kier molecular flexibility index (Phi) is 9.90. The highest BCUT2D eigenvalue weighted by molar-refractivity contribution is 5.98. The smallest absolute Gasteiger partial charge is 0.273 e. The van der Waals surface area contributed by atoms with Crippen molar-refractivity contribution in [2.75, 3.05) is 7.11 Å². The van der Waals surface area contributed by atoms with E-state index in [1.165, 1.54) is 32.8 Å². The highest BCUT2D eigenvalue weighted by Crippen LogP contribution is 2.30. The van der Waals surface area contributed by atoms with Gasteiger partial charge >= 0.3 is 0 Å². The molecule has 0 heterocycles. The van der Waals surface area contributed by atoms with Crippen molar-refractivity contribution >= 4 is 11.8 Å². The van der Waals surface area contributed by atoms with Gasteiger partial charge < -0.3 is 4.74 Å². The normalized spacial score (nSPS) is 12.3. The number of hydrogen-bond acceptors (Lipinski definition) is 3. The molecular weight excluding hydrogens is 340 g/mol. The summed E-state index contributed by atoms with van der Waals surface area (Å²) in [6.07, 6.45) is 7.99. The summed E-state index contributed by atoms with van der Waals surface area (Å²) in [6.45, 7) is 8.41. The summed E-state index contributed by atoms with van der Waals surface area (Å²) in [5.41, 5.74) is 5.36. The number of hydrazine groups is 1. The van der Waals surface area contributed by atoms with Crippen LogP contribution in [-0.2, 0) is 4.79 Å². The van der Waals surface area contributed by atoms with Crippen molar-refractivity contribution in [1.82, 2.24) is 10.9 Å². The number of methoxy groups -OCH3 is 1. The van der Waals surface area contributed by atoms with Gasteiger partial charge in [0, 0.05) is 5.92 Å². The van der Waals surface area contributed by atoms with Gasteiger partial charge in [-0.15, -0.1) is 0 Å². The largest absolute Gasteiger partial charge is 0.496 e. The summed E-state index contributed by atoms with van der Waals surface area (Å²) in [5, 5.41) is 0. The number of ether oxygens (including phenoxy) is 1. The monoisotopic (exact) mass is 376 g/mol. The van der Waals surface area contributed by atoms with Gasteiger partial charge in [-0.25, -0.2) is 0 Å². The maximum Gasteiger partial charge on any atom is 0.273 e. The Morgan fingerprint density at radius 3 is 2.26 bits per heavy atom. The molecule has 0 fully saturated rings. The molecule has 0 saturated carbocycles. The van der Waals surface area contributed by atoms with Gasteiger partial charge in [-0.1, -0.05) is 78.4 Å². The number of unbranched alkanes of at least 4 members (excludes halogenated alkanes) is 5. The first-order valence-electron chi connectivity index (χ1n) is 10.0. The van der Waals surface area contributed by atoms with Crippen LogP contribution in [0.15, 0.2) is 24.3 Å². The minimum atomic E-state index is -0.381. The first-order valence-corrected chi connectivity index (χ1v) is 10.0. The molecule has 5 nitrogen and oxygen atoms in total. The summed E-state index contributed by atoms with van der Waals surface area (Å²) < 4.78 is 5.19. The lowest BCUT2D eigenvalue weighted by molar-refractivity contribution is -0.129. The van der Waals surface area contributed by atoms with Crippen molar-refractivity contribution in [2.24, 2.45) is 11.3 Å². The summed E-state index contributed by atoms with van der Waals surface area (Å²) in [4.78, 5) is 25.0. The molecule has 1 unspecified atom stereocenters. The number of rotatable bonds is 10. The first kappa shape index (κ1) is 23.0. The van der Waals surface area contributed by atoms with Crippen LogP contribution in [0.2, 0.25) is 0 Å². The van der Waals surface area contributed by atoms with Gasteiger partial charge in [0.25, 0.3) is 5.91 Å². The van der Waals surface area contributed by atoms with Crippen LogP contribution >= 0.6 is 0 Å². The highest BCUT2D eigenvalue weighted by Gasteiger charge is 2.31. The Morgan fingerprint density at radius 1 is 1.00 bits per heavy atom. The molecular formula is C22H36N2O3. The van der Waals surface area contributed by atoms with Crippen molar-refractivity contribution in [3.05, 3.63) is 29.8 Å². The van der Waals surface area contributed by atoms with Crippen LogP contribution in [0.3, 0.4) is 0 Å². The standard InChI is InChI=1S/C22H36N2O3/c1-6-7-8-9-10-11-15-18(22(2,3)4)21(26)24-23-20(25)17-14-12-13-16-19(17)27-5/h12-14,16,18H,6-11,15H2,1-5H3,(H,23,25)(H,24,26). The first-order chi connectivity index (χ1) is 12.8. The fourth-order valence-corrected chi connectivity index (χ4v) is 3.19. The Bertz CT molecular complexity index is 593. The van der Waals surface area contributed by atoms with E-state index in [2.05, 4.69) is 38.5 Å². The van der Waals surface area contributed by atoms with Crippen molar-refractivity contribution in [3.8, 4) is 5.75 Å². The molecule has 0 spiro atoms. The van der Waals surface area contributed by atoms with Crippen LogP contribution < -0.4 is 15.6 Å². The van der Waals surface area contributed by atoms with Gasteiger partial charge in [0.05, 0.1) is 12.7 Å². The van der Waals surface area contributed by atoms with E-state index < -0.39 is 0 Å². The number of carbonyl (C=O) groups excluding carboxylic acids is 2. The molecule has 0 aromatic heterocycles. The van der Waals surface area contributed by atoms with E-state index in [-0.39, 0.29) is 23.1 Å². The molecule has 0 bridgehead atoms. The second kappa shape index (κ2) is 11.6. The van der Waals surface area contributed by atoms with E-state index in [4.69, 9.17) is 4.74 Å². The molecule has 0 aliphatic carbocycles. The van der Waals surface area contributed by atoms with Gasteiger partial charge in [-0.2, -0.15) is 0 Å². The van der Waals surface area contributed by atoms with E-state index in [0.29, 0.717) is 11.3 Å². The Balaban J connectivity index is 2.57. The van der Waals surface area contributed by atoms with Crippen LogP contribution in [0, 0.1) is 11.3 Å². The second-order valence-electron chi connectivity index (χ2n) is 8.12. The quantitative estimate of drug-likeness (QED) is 0.452. The van der Waals surface area contributed by atoms with Crippen molar-refractivity contribution < 1.29 is 14.3 Å². The number of nitrogens with one attached hydrogen (secondary N) is 2. The SMILES string of the molecule is CCCCCCCCC(C(=O)NNC(=O)c1ccccc1OC)C(C)(C)C. The van der Waals surface area contributed by atoms with Gasteiger partial charge in [-0.3, -0.25) is 20.4 Å². The molecule has 27 heavy (non-hydrogen) atoms. The molecule has 0 radical (unpaired) electrons. The summed E-state index contributed by atoms with van der Waals surface area (Å²) >= 11 is 0. The van der Waals surface area contributed by atoms with Gasteiger partial charge in [-0.05, 0) is 24.0 Å². The fourth-order valence-electron chi connectivity index (χ4n) is 3.19. The maximum absolute atomic E-state index is 12.7. The summed E-state index contributed by atoms with van der Waals surface area (Å²) in [7, 11) is 1.51.